The Morgan fingerprint density at radius 1 is 0.969 bits per heavy atom. The van der Waals surface area contributed by atoms with Gasteiger partial charge < -0.3 is 14.8 Å². The van der Waals surface area contributed by atoms with Crippen LogP contribution in [-0.2, 0) is 25.7 Å². The highest BCUT2D eigenvalue weighted by atomic mass is 16.6. The van der Waals surface area contributed by atoms with Gasteiger partial charge in [-0.3, -0.25) is 9.69 Å². The molecule has 1 N–H and O–H groups in total. The first-order valence-electron chi connectivity index (χ1n) is 11.3. The number of rotatable bonds is 10. The number of carbonyl (C=O) groups excluding carboxylic acids is 3. The van der Waals surface area contributed by atoms with Crippen molar-refractivity contribution in [3.8, 4) is 0 Å². The Labute approximate surface area is 192 Å². The second kappa shape index (κ2) is 12.5. The van der Waals surface area contributed by atoms with Crippen LogP contribution in [0.1, 0.15) is 66.9 Å². The largest absolute Gasteiger partial charge is 0.459 e. The van der Waals surface area contributed by atoms with Crippen molar-refractivity contribution in [2.75, 3.05) is 7.05 Å². The summed E-state index contributed by atoms with van der Waals surface area (Å²) in [5, 5.41) is 2.83. The van der Waals surface area contributed by atoms with Crippen LogP contribution in [0.2, 0.25) is 0 Å². The topological polar surface area (TPSA) is 84.9 Å². The molecule has 1 aromatic rings. The van der Waals surface area contributed by atoms with Crippen LogP contribution < -0.4 is 5.32 Å². The maximum Gasteiger partial charge on any atom is 0.410 e. The van der Waals surface area contributed by atoms with Crippen LogP contribution in [-0.4, -0.2) is 47.6 Å². The van der Waals surface area contributed by atoms with Crippen molar-refractivity contribution in [1.29, 1.82) is 0 Å². The Bertz CT molecular complexity index is 740. The van der Waals surface area contributed by atoms with Crippen molar-refractivity contribution < 1.29 is 23.9 Å². The number of esters is 1. The molecule has 0 aliphatic carbocycles. The number of likely N-dealkylation sites (N-methyl/N-ethyl adjacent to an activating group) is 1. The van der Waals surface area contributed by atoms with Crippen LogP contribution in [0.5, 0.6) is 0 Å². The number of hydrogen-bond acceptors (Lipinski definition) is 5. The molecule has 1 rings (SSSR count). The van der Waals surface area contributed by atoms with E-state index in [0.29, 0.717) is 12.8 Å². The third-order valence-corrected chi connectivity index (χ3v) is 4.68. The molecule has 7 heteroatoms. The van der Waals surface area contributed by atoms with E-state index in [0.717, 1.165) is 5.56 Å². The molecule has 7 nitrogen and oxygen atoms in total. The fourth-order valence-electron chi connectivity index (χ4n) is 3.13. The van der Waals surface area contributed by atoms with Gasteiger partial charge in [0, 0.05) is 7.05 Å². The molecule has 0 spiro atoms. The number of hydrogen-bond donors (Lipinski definition) is 1. The lowest BCUT2D eigenvalue weighted by molar-refractivity contribution is -0.150. The van der Waals surface area contributed by atoms with Crippen LogP contribution in [0.4, 0.5) is 4.79 Å². The summed E-state index contributed by atoms with van der Waals surface area (Å²) in [6.07, 6.45) is 0.296. The fourth-order valence-corrected chi connectivity index (χ4v) is 3.13. The maximum atomic E-state index is 13.2. The molecule has 0 radical (unpaired) electrons. The van der Waals surface area contributed by atoms with Crippen molar-refractivity contribution in [2.45, 2.75) is 85.6 Å². The number of nitrogens with zero attached hydrogens (tertiary/aromatic N) is 1. The van der Waals surface area contributed by atoms with E-state index in [-0.39, 0.29) is 18.4 Å². The Morgan fingerprint density at radius 3 is 2.03 bits per heavy atom. The standard InChI is InChI=1S/C25H40N2O5/c1-17(2)14-20(23(29)31-16-19-12-10-9-11-13-19)26-22(28)21(15-18(3)4)27(8)24(30)32-25(5,6)7/h9-13,17-18,20-21H,14-16H2,1-8H3,(H,26,28)/t20-,21?/m0/s1. The molecule has 0 aliphatic rings. The number of ether oxygens (including phenoxy) is 2. The molecule has 0 aromatic heterocycles. The molecule has 0 fully saturated rings. The number of nitrogens with one attached hydrogen (secondary N) is 1. The zero-order valence-corrected chi connectivity index (χ0v) is 20.8. The van der Waals surface area contributed by atoms with Crippen molar-refractivity contribution >= 4 is 18.0 Å². The first-order chi connectivity index (χ1) is 14.8. The molecule has 32 heavy (non-hydrogen) atoms. The SMILES string of the molecule is CC(C)CC(C(=O)N[C@@H](CC(C)C)C(=O)OCc1ccccc1)N(C)C(=O)OC(C)(C)C. The molecular formula is C25H40N2O5. The zero-order chi connectivity index (χ0) is 24.5. The van der Waals surface area contributed by atoms with E-state index in [9.17, 15) is 14.4 Å². The van der Waals surface area contributed by atoms with Gasteiger partial charge >= 0.3 is 12.1 Å². The first-order valence-corrected chi connectivity index (χ1v) is 11.3. The highest BCUT2D eigenvalue weighted by molar-refractivity contribution is 5.89. The van der Waals surface area contributed by atoms with Gasteiger partial charge in [0.05, 0.1) is 0 Å². The predicted octanol–water partition coefficient (Wildman–Crippen LogP) is 4.54. The van der Waals surface area contributed by atoms with Gasteiger partial charge in [-0.2, -0.15) is 0 Å². The van der Waals surface area contributed by atoms with Gasteiger partial charge in [0.1, 0.15) is 24.3 Å². The van der Waals surface area contributed by atoms with E-state index in [4.69, 9.17) is 9.47 Å². The Balaban J connectivity index is 2.94. The summed E-state index contributed by atoms with van der Waals surface area (Å²) in [5.74, 6) is -0.561. The fraction of sp³-hybridized carbons (Fsp3) is 0.640. The van der Waals surface area contributed by atoms with Gasteiger partial charge in [0.15, 0.2) is 0 Å². The maximum absolute atomic E-state index is 13.2. The van der Waals surface area contributed by atoms with Crippen LogP contribution >= 0.6 is 0 Å². The molecule has 0 saturated carbocycles. The van der Waals surface area contributed by atoms with Crippen LogP contribution in [0.3, 0.4) is 0 Å². The summed E-state index contributed by atoms with van der Waals surface area (Å²) >= 11 is 0. The highest BCUT2D eigenvalue weighted by Crippen LogP contribution is 2.17. The normalized spacial score (nSPS) is 13.4. The van der Waals surface area contributed by atoms with E-state index in [2.05, 4.69) is 5.32 Å². The van der Waals surface area contributed by atoms with Crippen LogP contribution in [0.25, 0.3) is 0 Å². The first kappa shape index (κ1) is 27.5. The minimum absolute atomic E-state index is 0.136. The molecule has 2 amide bonds. The van der Waals surface area contributed by atoms with Crippen molar-refractivity contribution in [3.63, 3.8) is 0 Å². The Kier molecular flexibility index (Phi) is 10.7. The van der Waals surface area contributed by atoms with Gasteiger partial charge in [-0.15, -0.1) is 0 Å². The summed E-state index contributed by atoms with van der Waals surface area (Å²) in [6.45, 7) is 13.4. The summed E-state index contributed by atoms with van der Waals surface area (Å²) in [5.41, 5.74) is 0.198. The van der Waals surface area contributed by atoms with E-state index in [1.165, 1.54) is 4.90 Å². The van der Waals surface area contributed by atoms with E-state index in [1.807, 2.05) is 58.0 Å². The van der Waals surface area contributed by atoms with Crippen molar-refractivity contribution in [2.24, 2.45) is 11.8 Å². The quantitative estimate of drug-likeness (QED) is 0.531. The second-order valence-electron chi connectivity index (χ2n) is 10.0. The van der Waals surface area contributed by atoms with E-state index in [1.54, 1.807) is 27.8 Å². The minimum Gasteiger partial charge on any atom is -0.459 e. The van der Waals surface area contributed by atoms with E-state index >= 15 is 0 Å². The zero-order valence-electron chi connectivity index (χ0n) is 20.8. The second-order valence-corrected chi connectivity index (χ2v) is 10.0. The molecule has 1 aromatic carbocycles. The van der Waals surface area contributed by atoms with Crippen LogP contribution in [0.15, 0.2) is 30.3 Å². The van der Waals surface area contributed by atoms with Gasteiger partial charge in [-0.1, -0.05) is 58.0 Å². The molecule has 2 atom stereocenters. The highest BCUT2D eigenvalue weighted by Gasteiger charge is 2.33. The lowest BCUT2D eigenvalue weighted by Gasteiger charge is -2.32. The molecule has 1 unspecified atom stereocenters. The summed E-state index contributed by atoms with van der Waals surface area (Å²) in [4.78, 5) is 39.9. The molecule has 0 aliphatic heterocycles. The number of amides is 2. The Hall–Kier alpha value is -2.57. The lowest BCUT2D eigenvalue weighted by atomic mass is 10.00. The number of benzene rings is 1. The average Bonchev–Trinajstić information content (AvgIpc) is 2.68. The van der Waals surface area contributed by atoms with E-state index < -0.39 is 35.7 Å². The van der Waals surface area contributed by atoms with Crippen molar-refractivity contribution in [1.82, 2.24) is 10.2 Å². The lowest BCUT2D eigenvalue weighted by Crippen LogP contribution is -2.53. The average molecular weight is 449 g/mol. The molecular weight excluding hydrogens is 408 g/mol. The summed E-state index contributed by atoms with van der Waals surface area (Å²) in [7, 11) is 1.55. The molecule has 0 saturated heterocycles. The summed E-state index contributed by atoms with van der Waals surface area (Å²) in [6, 6.07) is 7.83. The smallest absolute Gasteiger partial charge is 0.410 e. The molecule has 0 heterocycles. The molecule has 180 valence electrons. The van der Waals surface area contributed by atoms with Gasteiger partial charge in [-0.25, -0.2) is 9.59 Å². The summed E-state index contributed by atoms with van der Waals surface area (Å²) < 4.78 is 10.9. The third-order valence-electron chi connectivity index (χ3n) is 4.68. The number of carbonyl (C=O) groups is 3. The van der Waals surface area contributed by atoms with Crippen molar-refractivity contribution in [3.05, 3.63) is 35.9 Å². The Morgan fingerprint density at radius 2 is 1.53 bits per heavy atom. The molecule has 0 bridgehead atoms. The van der Waals surface area contributed by atoms with Gasteiger partial charge in [-0.05, 0) is 51.0 Å². The van der Waals surface area contributed by atoms with Gasteiger partial charge in [0.25, 0.3) is 0 Å². The predicted molar refractivity (Wildman–Crippen MR) is 125 cm³/mol. The monoisotopic (exact) mass is 448 g/mol. The third kappa shape index (κ3) is 10.2. The van der Waals surface area contributed by atoms with Crippen LogP contribution in [0, 0.1) is 11.8 Å². The minimum atomic E-state index is -0.798. The van der Waals surface area contributed by atoms with Gasteiger partial charge in [0.2, 0.25) is 5.91 Å².